The Morgan fingerprint density at radius 3 is 2.35 bits per heavy atom. The second-order valence-corrected chi connectivity index (χ2v) is 4.70. The van der Waals surface area contributed by atoms with Gasteiger partial charge in [-0.05, 0) is 26.0 Å². The summed E-state index contributed by atoms with van der Waals surface area (Å²) in [6, 6.07) is 6.77. The van der Waals surface area contributed by atoms with Crippen LogP contribution in [-0.4, -0.2) is 29.2 Å². The minimum absolute atomic E-state index is 0.184. The molecule has 0 aliphatic carbocycles. The molecule has 96 valence electrons. The molecule has 0 aliphatic heterocycles. The molecule has 1 N–H and O–H groups in total. The van der Waals surface area contributed by atoms with Crippen LogP contribution in [0.2, 0.25) is 0 Å². The number of benzene rings is 1. The molecule has 3 heteroatoms. The lowest BCUT2D eigenvalue weighted by molar-refractivity contribution is 0.00110. The number of nitrogens with zero attached hydrogens (tertiary/aromatic N) is 1. The number of aliphatic hydroxyl groups is 1. The highest BCUT2D eigenvalue weighted by atomic mass is 19.1. The lowest BCUT2D eigenvalue weighted by Crippen LogP contribution is -2.40. The summed E-state index contributed by atoms with van der Waals surface area (Å²) >= 11 is 0. The van der Waals surface area contributed by atoms with Gasteiger partial charge < -0.3 is 5.11 Å². The van der Waals surface area contributed by atoms with E-state index in [0.717, 1.165) is 0 Å². The Morgan fingerprint density at radius 1 is 1.24 bits per heavy atom. The topological polar surface area (TPSA) is 23.5 Å². The highest BCUT2D eigenvalue weighted by Crippen LogP contribution is 2.17. The molecule has 17 heavy (non-hydrogen) atoms. The molecule has 0 radical (unpaired) electrons. The van der Waals surface area contributed by atoms with Gasteiger partial charge >= 0.3 is 0 Å². The highest BCUT2D eigenvalue weighted by Gasteiger charge is 2.24. The van der Waals surface area contributed by atoms with Gasteiger partial charge in [0.1, 0.15) is 5.82 Å². The molecule has 0 amide bonds. The summed E-state index contributed by atoms with van der Waals surface area (Å²) in [5.74, 6) is -0.184. The van der Waals surface area contributed by atoms with Crippen molar-refractivity contribution in [2.24, 2.45) is 0 Å². The van der Waals surface area contributed by atoms with E-state index >= 15 is 0 Å². The number of hydrogen-bond acceptors (Lipinski definition) is 2. The van der Waals surface area contributed by atoms with Crippen molar-refractivity contribution in [3.05, 3.63) is 35.6 Å². The molecule has 0 unspecified atom stereocenters. The van der Waals surface area contributed by atoms with Crippen molar-refractivity contribution in [2.75, 3.05) is 13.6 Å². The monoisotopic (exact) mass is 239 g/mol. The summed E-state index contributed by atoms with van der Waals surface area (Å²) in [5.41, 5.74) is 0.00423. The number of rotatable bonds is 6. The van der Waals surface area contributed by atoms with E-state index in [9.17, 15) is 9.50 Å². The Kier molecular flexibility index (Phi) is 5.09. The van der Waals surface area contributed by atoms with Crippen LogP contribution >= 0.6 is 0 Å². The predicted molar refractivity (Wildman–Crippen MR) is 68.3 cm³/mol. The Hall–Kier alpha value is -0.930. The van der Waals surface area contributed by atoms with Gasteiger partial charge in [0, 0.05) is 18.7 Å². The standard InChI is InChI=1S/C14H22FNO/c1-4-14(17,5-2)11-16(3)10-12-8-6-7-9-13(12)15/h6-9,17H,4-5,10-11H2,1-3H3. The lowest BCUT2D eigenvalue weighted by atomic mass is 9.97. The van der Waals surface area contributed by atoms with Gasteiger partial charge in [0.15, 0.2) is 0 Å². The van der Waals surface area contributed by atoms with Crippen LogP contribution in [0.15, 0.2) is 24.3 Å². The normalized spacial score (nSPS) is 12.1. The number of hydrogen-bond donors (Lipinski definition) is 1. The zero-order valence-corrected chi connectivity index (χ0v) is 10.9. The number of halogens is 1. The van der Waals surface area contributed by atoms with Crippen molar-refractivity contribution in [2.45, 2.75) is 38.8 Å². The van der Waals surface area contributed by atoms with Gasteiger partial charge in [0.25, 0.3) is 0 Å². The van der Waals surface area contributed by atoms with E-state index < -0.39 is 5.60 Å². The Bertz CT molecular complexity index is 350. The second kappa shape index (κ2) is 6.12. The summed E-state index contributed by atoms with van der Waals surface area (Å²) in [6.45, 7) is 5.03. The molecule has 0 saturated heterocycles. The fourth-order valence-electron chi connectivity index (χ4n) is 1.95. The largest absolute Gasteiger partial charge is 0.389 e. The van der Waals surface area contributed by atoms with Crippen molar-refractivity contribution in [3.8, 4) is 0 Å². The van der Waals surface area contributed by atoms with E-state index in [0.29, 0.717) is 31.5 Å². The Balaban J connectivity index is 2.61. The van der Waals surface area contributed by atoms with Crippen LogP contribution in [0.3, 0.4) is 0 Å². The van der Waals surface area contributed by atoms with Crippen LogP contribution < -0.4 is 0 Å². The highest BCUT2D eigenvalue weighted by molar-refractivity contribution is 5.17. The van der Waals surface area contributed by atoms with E-state index in [1.165, 1.54) is 6.07 Å². The predicted octanol–water partition coefficient (Wildman–Crippen LogP) is 2.81. The van der Waals surface area contributed by atoms with Gasteiger partial charge in [-0.1, -0.05) is 32.0 Å². The summed E-state index contributed by atoms with van der Waals surface area (Å²) in [6.07, 6.45) is 1.43. The van der Waals surface area contributed by atoms with Crippen molar-refractivity contribution >= 4 is 0 Å². The van der Waals surface area contributed by atoms with Crippen LogP contribution in [0.4, 0.5) is 4.39 Å². The second-order valence-electron chi connectivity index (χ2n) is 4.70. The summed E-state index contributed by atoms with van der Waals surface area (Å²) in [4.78, 5) is 1.96. The van der Waals surface area contributed by atoms with Crippen LogP contribution in [0.25, 0.3) is 0 Å². The molecule has 0 bridgehead atoms. The van der Waals surface area contributed by atoms with Gasteiger partial charge in [-0.15, -0.1) is 0 Å². The van der Waals surface area contributed by atoms with Crippen molar-refractivity contribution in [3.63, 3.8) is 0 Å². The van der Waals surface area contributed by atoms with Crippen LogP contribution in [0.1, 0.15) is 32.3 Å². The third-order valence-electron chi connectivity index (χ3n) is 3.28. The molecule has 0 aliphatic rings. The van der Waals surface area contributed by atoms with Gasteiger partial charge in [-0.2, -0.15) is 0 Å². The van der Waals surface area contributed by atoms with Crippen LogP contribution in [0, 0.1) is 5.82 Å². The van der Waals surface area contributed by atoms with Gasteiger partial charge in [0.05, 0.1) is 5.60 Å². The Morgan fingerprint density at radius 2 is 1.82 bits per heavy atom. The van der Waals surface area contributed by atoms with Gasteiger partial charge in [0.2, 0.25) is 0 Å². The molecule has 1 aromatic carbocycles. The third-order valence-corrected chi connectivity index (χ3v) is 3.28. The van der Waals surface area contributed by atoms with E-state index in [1.54, 1.807) is 12.1 Å². The molecule has 0 fully saturated rings. The van der Waals surface area contributed by atoms with Crippen molar-refractivity contribution in [1.29, 1.82) is 0 Å². The number of likely N-dealkylation sites (N-methyl/N-ethyl adjacent to an activating group) is 1. The summed E-state index contributed by atoms with van der Waals surface area (Å²) < 4.78 is 13.5. The fraction of sp³-hybridized carbons (Fsp3) is 0.571. The maximum Gasteiger partial charge on any atom is 0.127 e. The molecule has 0 spiro atoms. The zero-order chi connectivity index (χ0) is 12.9. The summed E-state index contributed by atoms with van der Waals surface area (Å²) in [7, 11) is 1.91. The first-order valence-electron chi connectivity index (χ1n) is 6.15. The minimum atomic E-state index is -0.667. The molecule has 0 atom stereocenters. The third kappa shape index (κ3) is 4.10. The first-order chi connectivity index (χ1) is 8.00. The van der Waals surface area contributed by atoms with Crippen LogP contribution in [0.5, 0.6) is 0 Å². The Labute approximate surface area is 103 Å². The fourth-order valence-corrected chi connectivity index (χ4v) is 1.95. The van der Waals surface area contributed by atoms with Crippen LogP contribution in [-0.2, 0) is 6.54 Å². The molecule has 0 heterocycles. The maximum absolute atomic E-state index is 13.5. The lowest BCUT2D eigenvalue weighted by Gasteiger charge is -2.30. The SMILES string of the molecule is CCC(O)(CC)CN(C)Cc1ccccc1F. The van der Waals surface area contributed by atoms with Crippen molar-refractivity contribution in [1.82, 2.24) is 4.90 Å². The first-order valence-corrected chi connectivity index (χ1v) is 6.15. The average Bonchev–Trinajstić information content (AvgIpc) is 2.32. The molecule has 1 rings (SSSR count). The molecule has 0 saturated carbocycles. The minimum Gasteiger partial charge on any atom is -0.389 e. The zero-order valence-electron chi connectivity index (χ0n) is 10.9. The molecule has 2 nitrogen and oxygen atoms in total. The van der Waals surface area contributed by atoms with Gasteiger partial charge in [-0.25, -0.2) is 4.39 Å². The van der Waals surface area contributed by atoms with E-state index in [-0.39, 0.29) is 5.82 Å². The quantitative estimate of drug-likeness (QED) is 0.825. The van der Waals surface area contributed by atoms with Crippen molar-refractivity contribution < 1.29 is 9.50 Å². The van der Waals surface area contributed by atoms with E-state index in [2.05, 4.69) is 0 Å². The smallest absolute Gasteiger partial charge is 0.127 e. The molecular weight excluding hydrogens is 217 g/mol. The first kappa shape index (κ1) is 14.1. The van der Waals surface area contributed by atoms with E-state index in [4.69, 9.17) is 0 Å². The molecular formula is C14H22FNO. The van der Waals surface area contributed by atoms with Gasteiger partial charge in [-0.3, -0.25) is 4.90 Å². The average molecular weight is 239 g/mol. The maximum atomic E-state index is 13.5. The summed E-state index contributed by atoms with van der Waals surface area (Å²) in [5, 5.41) is 10.2. The molecule has 0 aromatic heterocycles. The van der Waals surface area contributed by atoms with E-state index in [1.807, 2.05) is 31.9 Å². The molecule has 1 aromatic rings.